The maximum atomic E-state index is 11.9. The topological polar surface area (TPSA) is 81.1 Å². The Morgan fingerprint density at radius 1 is 1.30 bits per heavy atom. The molecule has 1 rings (SSSR count). The Morgan fingerprint density at radius 3 is 2.50 bits per heavy atom. The molecule has 0 aromatic carbocycles. The van der Waals surface area contributed by atoms with E-state index in [9.17, 15) is 14.3 Å². The lowest BCUT2D eigenvalue weighted by Gasteiger charge is -2.20. The molecule has 0 bridgehead atoms. The lowest BCUT2D eigenvalue weighted by atomic mass is 10.2. The van der Waals surface area contributed by atoms with E-state index < -0.39 is 6.10 Å². The molecule has 1 fully saturated rings. The zero-order chi connectivity index (χ0) is 15.4. The summed E-state index contributed by atoms with van der Waals surface area (Å²) in [5.41, 5.74) is 0. The molecule has 0 aromatic heterocycles. The van der Waals surface area contributed by atoms with Gasteiger partial charge in [0.25, 0.3) is 6.47 Å². The van der Waals surface area contributed by atoms with E-state index >= 15 is 0 Å². The summed E-state index contributed by atoms with van der Waals surface area (Å²) in [5.74, 6) is 0.0170. The van der Waals surface area contributed by atoms with Crippen molar-refractivity contribution >= 4 is 12.4 Å². The van der Waals surface area contributed by atoms with Crippen LogP contribution in [0.5, 0.6) is 0 Å². The van der Waals surface area contributed by atoms with E-state index in [1.807, 2.05) is 0 Å². The minimum Gasteiger partial charge on any atom is -0.483 e. The molecule has 0 radical (unpaired) electrons. The lowest BCUT2D eigenvalue weighted by molar-refractivity contribution is -0.129. The van der Waals surface area contributed by atoms with Gasteiger partial charge in [0.15, 0.2) is 0 Å². The number of β-amino-alcohol motifs (C(OH)–C–C–N with tert-alkyl or cyclic N) is 1. The number of amides is 1. The molecule has 1 heterocycles. The molecule has 20 heavy (non-hydrogen) atoms. The Hall–Kier alpha value is -1.21. The van der Waals surface area contributed by atoms with E-state index in [0.29, 0.717) is 26.1 Å². The first-order valence-electron chi connectivity index (χ1n) is 6.84. The summed E-state index contributed by atoms with van der Waals surface area (Å²) in [6.07, 6.45) is 1.99. The van der Waals surface area contributed by atoms with Crippen LogP contribution in [0, 0.1) is 0 Å². The van der Waals surface area contributed by atoms with Gasteiger partial charge in [0.05, 0.1) is 12.8 Å². The fourth-order valence-electron chi connectivity index (χ4n) is 2.15. The van der Waals surface area contributed by atoms with Crippen LogP contribution in [0.3, 0.4) is 0 Å². The Balaban J connectivity index is 0.00000110. The van der Waals surface area contributed by atoms with Gasteiger partial charge in [-0.25, -0.2) is 0 Å². The van der Waals surface area contributed by atoms with Crippen LogP contribution in [0.25, 0.3) is 0 Å². The van der Waals surface area contributed by atoms with Crippen molar-refractivity contribution in [3.8, 4) is 0 Å². The number of alkyl halides is 1. The van der Waals surface area contributed by atoms with E-state index in [1.165, 1.54) is 6.92 Å². The second kappa shape index (κ2) is 11.6. The smallest absolute Gasteiger partial charge is 0.290 e. The Labute approximate surface area is 119 Å². The van der Waals surface area contributed by atoms with Crippen molar-refractivity contribution < 1.29 is 24.2 Å². The van der Waals surface area contributed by atoms with Gasteiger partial charge in [-0.05, 0) is 25.8 Å². The van der Waals surface area contributed by atoms with Crippen molar-refractivity contribution in [2.45, 2.75) is 32.3 Å². The van der Waals surface area contributed by atoms with Crippen LogP contribution < -0.4 is 0 Å². The number of carbonyl (C=O) groups is 2. The van der Waals surface area contributed by atoms with Crippen LogP contribution in [0.15, 0.2) is 0 Å². The second-order valence-electron chi connectivity index (χ2n) is 4.77. The Morgan fingerprint density at radius 2 is 1.95 bits per heavy atom. The maximum Gasteiger partial charge on any atom is 0.290 e. The van der Waals surface area contributed by atoms with E-state index in [1.54, 1.807) is 4.90 Å². The first-order valence-corrected chi connectivity index (χ1v) is 6.84. The van der Waals surface area contributed by atoms with Gasteiger partial charge < -0.3 is 15.1 Å². The lowest BCUT2D eigenvalue weighted by Crippen LogP contribution is -2.36. The third-order valence-electron chi connectivity index (χ3n) is 3.14. The number of aliphatic hydroxyl groups is 1. The zero-order valence-corrected chi connectivity index (χ0v) is 12.0. The number of nitrogens with zero attached hydrogens (tertiary/aromatic N) is 2. The Kier molecular flexibility index (Phi) is 10.9. The van der Waals surface area contributed by atoms with E-state index in [-0.39, 0.29) is 19.1 Å². The molecule has 0 saturated carbocycles. The zero-order valence-electron chi connectivity index (χ0n) is 12.0. The van der Waals surface area contributed by atoms with Gasteiger partial charge >= 0.3 is 0 Å². The SMILES string of the molecule is CC(=O)N1CCN(CCCCCF)CC(O)C1.O=CO. The molecule has 1 amide bonds. The summed E-state index contributed by atoms with van der Waals surface area (Å²) in [5, 5.41) is 16.7. The monoisotopic (exact) mass is 292 g/mol. The summed E-state index contributed by atoms with van der Waals surface area (Å²) >= 11 is 0. The molecule has 118 valence electrons. The molecule has 0 aliphatic carbocycles. The fraction of sp³-hybridized carbons (Fsp3) is 0.846. The number of halogens is 1. The maximum absolute atomic E-state index is 11.9. The highest BCUT2D eigenvalue weighted by atomic mass is 19.1. The highest BCUT2D eigenvalue weighted by molar-refractivity contribution is 5.73. The minimum absolute atomic E-state index is 0.0170. The number of aliphatic hydroxyl groups excluding tert-OH is 1. The van der Waals surface area contributed by atoms with Crippen molar-refractivity contribution in [3.63, 3.8) is 0 Å². The van der Waals surface area contributed by atoms with Gasteiger partial charge in [0.1, 0.15) is 0 Å². The average Bonchev–Trinajstić information content (AvgIpc) is 2.57. The van der Waals surface area contributed by atoms with Gasteiger partial charge in [-0.2, -0.15) is 0 Å². The molecule has 1 unspecified atom stereocenters. The third-order valence-corrected chi connectivity index (χ3v) is 3.14. The predicted molar refractivity (Wildman–Crippen MR) is 73.2 cm³/mol. The van der Waals surface area contributed by atoms with Gasteiger partial charge in [-0.1, -0.05) is 0 Å². The van der Waals surface area contributed by atoms with Crippen molar-refractivity contribution in [1.82, 2.24) is 9.80 Å². The molecule has 1 aliphatic heterocycles. The third kappa shape index (κ3) is 8.82. The van der Waals surface area contributed by atoms with Gasteiger partial charge in [-0.3, -0.25) is 18.9 Å². The second-order valence-corrected chi connectivity index (χ2v) is 4.77. The number of rotatable bonds is 5. The molecule has 2 N–H and O–H groups in total. The van der Waals surface area contributed by atoms with Crippen LogP contribution in [-0.4, -0.2) is 77.9 Å². The first-order chi connectivity index (χ1) is 9.54. The molecule has 1 aliphatic rings. The molecular weight excluding hydrogens is 267 g/mol. The summed E-state index contributed by atoms with van der Waals surface area (Å²) in [7, 11) is 0. The van der Waals surface area contributed by atoms with Gasteiger partial charge in [0.2, 0.25) is 5.91 Å². The van der Waals surface area contributed by atoms with Gasteiger partial charge in [-0.15, -0.1) is 0 Å². The molecule has 7 heteroatoms. The van der Waals surface area contributed by atoms with E-state index in [4.69, 9.17) is 9.90 Å². The predicted octanol–water partition coefficient (Wildman–Crippen LogP) is 0.352. The number of carbonyl (C=O) groups excluding carboxylic acids is 1. The van der Waals surface area contributed by atoms with Crippen molar-refractivity contribution in [2.75, 3.05) is 39.4 Å². The molecule has 0 aromatic rings. The molecule has 1 atom stereocenters. The summed E-state index contributed by atoms with van der Waals surface area (Å²) < 4.78 is 11.9. The quantitative estimate of drug-likeness (QED) is 0.564. The van der Waals surface area contributed by atoms with Crippen LogP contribution in [-0.2, 0) is 9.59 Å². The summed E-state index contributed by atoms with van der Waals surface area (Å²) in [6.45, 7) is 4.42. The van der Waals surface area contributed by atoms with Crippen LogP contribution in [0.1, 0.15) is 26.2 Å². The van der Waals surface area contributed by atoms with Crippen molar-refractivity contribution in [3.05, 3.63) is 0 Å². The van der Waals surface area contributed by atoms with Crippen molar-refractivity contribution in [2.24, 2.45) is 0 Å². The largest absolute Gasteiger partial charge is 0.483 e. The highest BCUT2D eigenvalue weighted by Crippen LogP contribution is 2.06. The average molecular weight is 292 g/mol. The Bertz CT molecular complexity index is 279. The summed E-state index contributed by atoms with van der Waals surface area (Å²) in [4.78, 5) is 23.5. The minimum atomic E-state index is -0.470. The highest BCUT2D eigenvalue weighted by Gasteiger charge is 2.21. The fourth-order valence-corrected chi connectivity index (χ4v) is 2.15. The van der Waals surface area contributed by atoms with Crippen LogP contribution >= 0.6 is 0 Å². The first kappa shape index (κ1) is 18.8. The van der Waals surface area contributed by atoms with E-state index in [0.717, 1.165) is 25.9 Å². The standard InChI is InChI=1S/C12H23FN2O2.CH2O2/c1-11(16)15-8-7-14(9-12(17)10-15)6-4-2-3-5-13;2-1-3/h12,17H,2-10H2,1H3;1H,(H,2,3). The number of unbranched alkanes of at least 4 members (excludes halogenated alkanes) is 2. The normalized spacial score (nSPS) is 19.8. The number of hydrogen-bond acceptors (Lipinski definition) is 4. The number of carboxylic acid groups (broad SMARTS) is 1. The van der Waals surface area contributed by atoms with E-state index in [2.05, 4.69) is 4.90 Å². The molecular formula is C13H25FN2O4. The van der Waals surface area contributed by atoms with Gasteiger partial charge in [0, 0.05) is 33.1 Å². The molecule has 1 saturated heterocycles. The van der Waals surface area contributed by atoms with Crippen LogP contribution in [0.2, 0.25) is 0 Å². The number of hydrogen-bond donors (Lipinski definition) is 2. The molecule has 0 spiro atoms. The van der Waals surface area contributed by atoms with Crippen LogP contribution in [0.4, 0.5) is 4.39 Å². The molecule has 6 nitrogen and oxygen atoms in total. The summed E-state index contributed by atoms with van der Waals surface area (Å²) in [6, 6.07) is 0. The van der Waals surface area contributed by atoms with Crippen molar-refractivity contribution in [1.29, 1.82) is 0 Å².